The van der Waals surface area contributed by atoms with Crippen LogP contribution in [0.2, 0.25) is 0 Å². The topological polar surface area (TPSA) is 52.3 Å². The van der Waals surface area contributed by atoms with E-state index in [1.807, 2.05) is 37.3 Å². The van der Waals surface area contributed by atoms with Crippen LogP contribution in [0.3, 0.4) is 0 Å². The molecule has 4 heteroatoms. The van der Waals surface area contributed by atoms with Gasteiger partial charge in [0.25, 0.3) is 0 Å². The van der Waals surface area contributed by atoms with E-state index in [1.165, 1.54) is 0 Å². The zero-order chi connectivity index (χ0) is 13.8. The minimum absolute atomic E-state index is 0.250. The first kappa shape index (κ1) is 13.6. The van der Waals surface area contributed by atoms with Crippen molar-refractivity contribution < 1.29 is 9.53 Å². The van der Waals surface area contributed by atoms with Crippen LogP contribution < -0.4 is 5.73 Å². The van der Waals surface area contributed by atoms with E-state index < -0.39 is 0 Å². The van der Waals surface area contributed by atoms with Gasteiger partial charge in [-0.2, -0.15) is 0 Å². The average molecular weight is 320 g/mol. The van der Waals surface area contributed by atoms with E-state index >= 15 is 0 Å². The summed E-state index contributed by atoms with van der Waals surface area (Å²) in [7, 11) is 0. The zero-order valence-corrected chi connectivity index (χ0v) is 12.1. The van der Waals surface area contributed by atoms with E-state index in [1.54, 1.807) is 12.1 Å². The lowest BCUT2D eigenvalue weighted by molar-refractivity contribution is 0.0473. The Bertz CT molecular complexity index is 594. The molecule has 0 aromatic heterocycles. The molecule has 19 heavy (non-hydrogen) atoms. The van der Waals surface area contributed by atoms with Crippen molar-refractivity contribution >= 4 is 27.6 Å². The summed E-state index contributed by atoms with van der Waals surface area (Å²) in [5.74, 6) is -0.366. The molecule has 0 radical (unpaired) electrons. The maximum atomic E-state index is 11.9. The molecule has 0 unspecified atom stereocenters. The molecule has 0 spiro atoms. The molecule has 0 aliphatic carbocycles. The summed E-state index contributed by atoms with van der Waals surface area (Å²) in [6.07, 6.45) is 0. The Morgan fingerprint density at radius 3 is 2.53 bits per heavy atom. The summed E-state index contributed by atoms with van der Waals surface area (Å²) in [6.45, 7) is 2.15. The number of carbonyl (C=O) groups excluding carboxylic acids is 1. The third kappa shape index (κ3) is 3.58. The van der Waals surface area contributed by atoms with Gasteiger partial charge in [0, 0.05) is 10.2 Å². The molecule has 2 rings (SSSR count). The highest BCUT2D eigenvalue weighted by atomic mass is 79.9. The van der Waals surface area contributed by atoms with Crippen LogP contribution >= 0.6 is 15.9 Å². The molecule has 3 nitrogen and oxygen atoms in total. The summed E-state index contributed by atoms with van der Waals surface area (Å²) in [5.41, 5.74) is 8.73. The molecular weight excluding hydrogens is 306 g/mol. The second kappa shape index (κ2) is 5.89. The number of benzene rings is 2. The molecule has 0 aliphatic heterocycles. The van der Waals surface area contributed by atoms with Gasteiger partial charge in [0.2, 0.25) is 0 Å². The number of esters is 1. The van der Waals surface area contributed by atoms with Gasteiger partial charge in [-0.3, -0.25) is 0 Å². The maximum Gasteiger partial charge on any atom is 0.338 e. The summed E-state index contributed by atoms with van der Waals surface area (Å²) >= 11 is 3.36. The Morgan fingerprint density at radius 2 is 1.89 bits per heavy atom. The number of hydrogen-bond donors (Lipinski definition) is 1. The number of rotatable bonds is 3. The molecule has 0 atom stereocenters. The fourth-order valence-corrected chi connectivity index (χ4v) is 1.84. The van der Waals surface area contributed by atoms with Gasteiger partial charge in [-0.25, -0.2) is 4.79 Å². The van der Waals surface area contributed by atoms with Gasteiger partial charge < -0.3 is 10.5 Å². The van der Waals surface area contributed by atoms with Gasteiger partial charge in [-0.15, -0.1) is 0 Å². The number of ether oxygens (including phenoxy) is 1. The van der Waals surface area contributed by atoms with Crippen LogP contribution in [0.1, 0.15) is 21.5 Å². The second-order valence-corrected chi connectivity index (χ2v) is 5.19. The van der Waals surface area contributed by atoms with Crippen molar-refractivity contribution in [3.63, 3.8) is 0 Å². The largest absolute Gasteiger partial charge is 0.457 e. The van der Waals surface area contributed by atoms with Gasteiger partial charge in [-0.1, -0.05) is 34.1 Å². The molecule has 2 N–H and O–H groups in total. The molecule has 0 bridgehead atoms. The molecule has 0 saturated heterocycles. The van der Waals surface area contributed by atoms with E-state index in [-0.39, 0.29) is 12.6 Å². The smallest absolute Gasteiger partial charge is 0.338 e. The Hall–Kier alpha value is -1.81. The molecule has 0 heterocycles. The third-order valence-corrected chi connectivity index (χ3v) is 3.33. The van der Waals surface area contributed by atoms with Gasteiger partial charge in [0.1, 0.15) is 6.61 Å². The predicted octanol–water partition coefficient (Wildman–Crippen LogP) is 3.70. The fourth-order valence-electron chi connectivity index (χ4n) is 1.58. The first-order valence-electron chi connectivity index (χ1n) is 5.84. The summed E-state index contributed by atoms with van der Waals surface area (Å²) in [4.78, 5) is 11.9. The second-order valence-electron chi connectivity index (χ2n) is 4.27. The minimum Gasteiger partial charge on any atom is -0.457 e. The lowest BCUT2D eigenvalue weighted by Gasteiger charge is -2.07. The Balaban J connectivity index is 2.01. The van der Waals surface area contributed by atoms with Crippen molar-refractivity contribution in [2.75, 3.05) is 5.73 Å². The molecule has 0 fully saturated rings. The van der Waals surface area contributed by atoms with Crippen LogP contribution in [0.25, 0.3) is 0 Å². The number of carbonyl (C=O) groups is 1. The van der Waals surface area contributed by atoms with Crippen LogP contribution in [0.4, 0.5) is 5.69 Å². The monoisotopic (exact) mass is 319 g/mol. The maximum absolute atomic E-state index is 11.9. The molecule has 2 aromatic carbocycles. The van der Waals surface area contributed by atoms with Crippen LogP contribution in [0, 0.1) is 6.92 Å². The number of nitrogens with two attached hydrogens (primary N) is 1. The SMILES string of the molecule is Cc1ccc(C(=O)OCc2ccc(Br)cc2)cc1N. The van der Waals surface area contributed by atoms with E-state index in [0.717, 1.165) is 15.6 Å². The summed E-state index contributed by atoms with van der Waals surface area (Å²) < 4.78 is 6.23. The average Bonchev–Trinajstić information content (AvgIpc) is 2.41. The van der Waals surface area contributed by atoms with Gasteiger partial charge in [-0.05, 0) is 42.3 Å². The Labute approximate surface area is 120 Å². The quantitative estimate of drug-likeness (QED) is 0.693. The summed E-state index contributed by atoms with van der Waals surface area (Å²) in [6, 6.07) is 12.8. The van der Waals surface area contributed by atoms with Gasteiger partial charge in [0.05, 0.1) is 5.56 Å². The molecule has 0 aliphatic rings. The highest BCUT2D eigenvalue weighted by Gasteiger charge is 2.08. The van der Waals surface area contributed by atoms with Crippen molar-refractivity contribution in [3.8, 4) is 0 Å². The van der Waals surface area contributed by atoms with Gasteiger partial charge in [0.15, 0.2) is 0 Å². The van der Waals surface area contributed by atoms with E-state index in [4.69, 9.17) is 10.5 Å². The molecule has 0 amide bonds. The normalized spacial score (nSPS) is 10.2. The highest BCUT2D eigenvalue weighted by molar-refractivity contribution is 9.10. The van der Waals surface area contributed by atoms with Gasteiger partial charge >= 0.3 is 5.97 Å². The number of halogens is 1. The summed E-state index contributed by atoms with van der Waals surface area (Å²) in [5, 5.41) is 0. The van der Waals surface area contributed by atoms with Crippen molar-refractivity contribution in [1.82, 2.24) is 0 Å². The van der Waals surface area contributed by atoms with E-state index in [9.17, 15) is 4.79 Å². The van der Waals surface area contributed by atoms with E-state index in [0.29, 0.717) is 11.3 Å². The molecule has 0 saturated carbocycles. The lowest BCUT2D eigenvalue weighted by Crippen LogP contribution is -2.06. The van der Waals surface area contributed by atoms with Crippen LogP contribution in [-0.2, 0) is 11.3 Å². The zero-order valence-electron chi connectivity index (χ0n) is 10.5. The highest BCUT2D eigenvalue weighted by Crippen LogP contribution is 2.15. The van der Waals surface area contributed by atoms with Crippen molar-refractivity contribution in [1.29, 1.82) is 0 Å². The molecule has 2 aromatic rings. The van der Waals surface area contributed by atoms with Crippen molar-refractivity contribution in [2.45, 2.75) is 13.5 Å². The van der Waals surface area contributed by atoms with Crippen molar-refractivity contribution in [2.24, 2.45) is 0 Å². The lowest BCUT2D eigenvalue weighted by atomic mass is 10.1. The van der Waals surface area contributed by atoms with E-state index in [2.05, 4.69) is 15.9 Å². The van der Waals surface area contributed by atoms with Crippen LogP contribution in [0.5, 0.6) is 0 Å². The number of hydrogen-bond acceptors (Lipinski definition) is 3. The van der Waals surface area contributed by atoms with Crippen LogP contribution in [0.15, 0.2) is 46.9 Å². The molecule has 98 valence electrons. The predicted molar refractivity (Wildman–Crippen MR) is 78.9 cm³/mol. The molecular formula is C15H14BrNO2. The third-order valence-electron chi connectivity index (χ3n) is 2.80. The first-order valence-corrected chi connectivity index (χ1v) is 6.63. The standard InChI is InChI=1S/C15H14BrNO2/c1-10-2-5-12(8-14(10)17)15(18)19-9-11-3-6-13(16)7-4-11/h2-8H,9,17H2,1H3. The number of nitrogen functional groups attached to an aromatic ring is 1. The number of anilines is 1. The minimum atomic E-state index is -0.366. The Morgan fingerprint density at radius 1 is 1.21 bits per heavy atom. The van der Waals surface area contributed by atoms with Crippen molar-refractivity contribution in [3.05, 3.63) is 63.6 Å². The van der Waals surface area contributed by atoms with Crippen LogP contribution in [-0.4, -0.2) is 5.97 Å². The number of aryl methyl sites for hydroxylation is 1. The Kier molecular flexibility index (Phi) is 4.22. The fraction of sp³-hybridized carbons (Fsp3) is 0.133. The first-order chi connectivity index (χ1) is 9.06.